The lowest BCUT2D eigenvalue weighted by molar-refractivity contribution is 0.111. The summed E-state index contributed by atoms with van der Waals surface area (Å²) in [6, 6.07) is 9.21. The van der Waals surface area contributed by atoms with Crippen molar-refractivity contribution in [2.45, 2.75) is 32.5 Å². The Morgan fingerprint density at radius 2 is 2.11 bits per heavy atom. The van der Waals surface area contributed by atoms with E-state index in [0.29, 0.717) is 13.0 Å². The topological polar surface area (TPSA) is 62.6 Å². The highest BCUT2D eigenvalue weighted by atomic mass is 16.6. The second-order valence-electron chi connectivity index (χ2n) is 4.60. The number of hydrogen-bond acceptors (Lipinski definition) is 4. The van der Waals surface area contributed by atoms with Crippen molar-refractivity contribution >= 4 is 11.8 Å². The number of ether oxygens (including phenoxy) is 2. The normalized spacial score (nSPS) is 18.9. The average Bonchev–Trinajstić information content (AvgIpc) is 2.39. The molecule has 1 saturated heterocycles. The monoisotopic (exact) mass is 260 g/mol. The molecule has 1 aromatic carbocycles. The van der Waals surface area contributed by atoms with Crippen LogP contribution in [0.4, 0.5) is 10.5 Å². The quantitative estimate of drug-likeness (QED) is 0.838. The van der Waals surface area contributed by atoms with Crippen molar-refractivity contribution in [3.63, 3.8) is 0 Å². The predicted molar refractivity (Wildman–Crippen MR) is 70.1 cm³/mol. The summed E-state index contributed by atoms with van der Waals surface area (Å²) < 4.78 is 10.5. The maximum Gasteiger partial charge on any atom is 0.415 e. The van der Waals surface area contributed by atoms with Gasteiger partial charge in [0.1, 0.15) is 11.8 Å². The molecule has 1 heterocycles. The summed E-state index contributed by atoms with van der Waals surface area (Å²) in [5.74, 6) is 0.763. The van der Waals surface area contributed by atoms with E-state index in [-0.39, 0.29) is 6.10 Å². The molecule has 1 atom stereocenters. The molecule has 1 aliphatic heterocycles. The van der Waals surface area contributed by atoms with E-state index in [1.54, 1.807) is 0 Å². The standard InChI is InChI=1S/C14H16N2O3/c1-10(2)18-12-5-3-11(4-6-12)16-8-7-13(9-15)19-14(16)17/h3-6,10,13H,7-8H2,1-2H3. The summed E-state index contributed by atoms with van der Waals surface area (Å²) in [5.41, 5.74) is 0.748. The second-order valence-corrected chi connectivity index (χ2v) is 4.60. The minimum Gasteiger partial charge on any atom is -0.491 e. The van der Waals surface area contributed by atoms with Gasteiger partial charge < -0.3 is 9.47 Å². The Hall–Kier alpha value is -2.22. The van der Waals surface area contributed by atoms with Crippen LogP contribution in [-0.4, -0.2) is 24.8 Å². The fourth-order valence-electron chi connectivity index (χ4n) is 1.88. The molecule has 0 N–H and O–H groups in total. The van der Waals surface area contributed by atoms with Crippen molar-refractivity contribution in [1.82, 2.24) is 0 Å². The SMILES string of the molecule is CC(C)Oc1ccc(N2CCC(C#N)OC2=O)cc1. The van der Waals surface area contributed by atoms with Gasteiger partial charge in [-0.2, -0.15) is 5.26 Å². The summed E-state index contributed by atoms with van der Waals surface area (Å²) in [6.45, 7) is 4.40. The number of nitriles is 1. The summed E-state index contributed by atoms with van der Waals surface area (Å²) in [7, 11) is 0. The Morgan fingerprint density at radius 3 is 2.63 bits per heavy atom. The molecule has 1 aromatic rings. The first-order valence-corrected chi connectivity index (χ1v) is 6.24. The summed E-state index contributed by atoms with van der Waals surface area (Å²) in [4.78, 5) is 13.3. The van der Waals surface area contributed by atoms with Gasteiger partial charge in [-0.15, -0.1) is 0 Å². The van der Waals surface area contributed by atoms with Gasteiger partial charge in [0.15, 0.2) is 6.10 Å². The van der Waals surface area contributed by atoms with Gasteiger partial charge in [-0.05, 0) is 38.1 Å². The number of anilines is 1. The first-order chi connectivity index (χ1) is 9.10. The van der Waals surface area contributed by atoms with E-state index >= 15 is 0 Å². The van der Waals surface area contributed by atoms with E-state index in [1.165, 1.54) is 4.90 Å². The Morgan fingerprint density at radius 1 is 1.42 bits per heavy atom. The smallest absolute Gasteiger partial charge is 0.415 e. The lowest BCUT2D eigenvalue weighted by atomic mass is 10.2. The molecular formula is C14H16N2O3. The zero-order valence-corrected chi connectivity index (χ0v) is 11.0. The highest BCUT2D eigenvalue weighted by molar-refractivity contribution is 5.88. The third kappa shape index (κ3) is 3.16. The van der Waals surface area contributed by atoms with Crippen molar-refractivity contribution in [2.75, 3.05) is 11.4 Å². The highest BCUT2D eigenvalue weighted by Crippen LogP contribution is 2.24. The van der Waals surface area contributed by atoms with Crippen LogP contribution in [0.15, 0.2) is 24.3 Å². The van der Waals surface area contributed by atoms with E-state index in [2.05, 4.69) is 0 Å². The largest absolute Gasteiger partial charge is 0.491 e. The fourth-order valence-corrected chi connectivity index (χ4v) is 1.88. The van der Waals surface area contributed by atoms with Gasteiger partial charge in [-0.25, -0.2) is 4.79 Å². The molecule has 0 saturated carbocycles. The van der Waals surface area contributed by atoms with Crippen LogP contribution in [0.2, 0.25) is 0 Å². The average molecular weight is 260 g/mol. The third-order valence-electron chi connectivity index (χ3n) is 2.74. The van der Waals surface area contributed by atoms with Crippen molar-refractivity contribution in [1.29, 1.82) is 5.26 Å². The van der Waals surface area contributed by atoms with Crippen LogP contribution in [0.3, 0.4) is 0 Å². The lowest BCUT2D eigenvalue weighted by Gasteiger charge is -2.28. The third-order valence-corrected chi connectivity index (χ3v) is 2.74. The van der Waals surface area contributed by atoms with E-state index in [0.717, 1.165) is 11.4 Å². The maximum atomic E-state index is 11.7. The van der Waals surface area contributed by atoms with Crippen molar-refractivity contribution in [3.05, 3.63) is 24.3 Å². The molecule has 2 rings (SSSR count). The predicted octanol–water partition coefficient (Wildman–Crippen LogP) is 2.71. The molecule has 0 spiro atoms. The van der Waals surface area contributed by atoms with E-state index in [4.69, 9.17) is 14.7 Å². The van der Waals surface area contributed by atoms with Gasteiger partial charge in [0.05, 0.1) is 6.10 Å². The molecular weight excluding hydrogens is 244 g/mol. The zero-order chi connectivity index (χ0) is 13.8. The maximum absolute atomic E-state index is 11.7. The summed E-state index contributed by atoms with van der Waals surface area (Å²) in [6.07, 6.45) is -0.475. The summed E-state index contributed by atoms with van der Waals surface area (Å²) in [5, 5.41) is 8.72. The number of cyclic esters (lactones) is 1. The van der Waals surface area contributed by atoms with E-state index < -0.39 is 12.2 Å². The van der Waals surface area contributed by atoms with Crippen molar-refractivity contribution in [3.8, 4) is 11.8 Å². The number of hydrogen-bond donors (Lipinski definition) is 0. The van der Waals surface area contributed by atoms with Crippen LogP contribution < -0.4 is 9.64 Å². The lowest BCUT2D eigenvalue weighted by Crippen LogP contribution is -2.41. The first kappa shape index (κ1) is 13.2. The van der Waals surface area contributed by atoms with Crippen molar-refractivity contribution < 1.29 is 14.3 Å². The molecule has 1 amide bonds. The van der Waals surface area contributed by atoms with Gasteiger partial charge in [0.25, 0.3) is 0 Å². The Labute approximate surface area is 112 Å². The van der Waals surface area contributed by atoms with Crippen LogP contribution >= 0.6 is 0 Å². The van der Waals surface area contributed by atoms with Crippen LogP contribution in [0.1, 0.15) is 20.3 Å². The number of carbonyl (C=O) groups excluding carboxylic acids is 1. The molecule has 0 aromatic heterocycles. The molecule has 5 nitrogen and oxygen atoms in total. The highest BCUT2D eigenvalue weighted by Gasteiger charge is 2.27. The van der Waals surface area contributed by atoms with E-state index in [1.807, 2.05) is 44.2 Å². The Balaban J connectivity index is 2.06. The number of rotatable bonds is 3. The second kappa shape index (κ2) is 5.61. The fraction of sp³-hybridized carbons (Fsp3) is 0.429. The number of benzene rings is 1. The molecule has 19 heavy (non-hydrogen) atoms. The molecule has 1 fully saturated rings. The van der Waals surface area contributed by atoms with Gasteiger partial charge in [-0.1, -0.05) is 0 Å². The van der Waals surface area contributed by atoms with Crippen molar-refractivity contribution in [2.24, 2.45) is 0 Å². The molecule has 0 aliphatic carbocycles. The summed E-state index contributed by atoms with van der Waals surface area (Å²) >= 11 is 0. The Kier molecular flexibility index (Phi) is 3.91. The molecule has 1 aliphatic rings. The van der Waals surface area contributed by atoms with Gasteiger partial charge in [0.2, 0.25) is 0 Å². The minimum absolute atomic E-state index is 0.113. The molecule has 0 bridgehead atoms. The Bertz CT molecular complexity index is 490. The van der Waals surface area contributed by atoms with E-state index in [9.17, 15) is 4.79 Å². The van der Waals surface area contributed by atoms with Gasteiger partial charge in [-0.3, -0.25) is 4.90 Å². The minimum atomic E-state index is -0.632. The first-order valence-electron chi connectivity index (χ1n) is 6.24. The zero-order valence-electron chi connectivity index (χ0n) is 11.0. The van der Waals surface area contributed by atoms with Crippen LogP contribution in [0.5, 0.6) is 5.75 Å². The number of nitrogens with zero attached hydrogens (tertiary/aromatic N) is 2. The van der Waals surface area contributed by atoms with Crippen LogP contribution in [0, 0.1) is 11.3 Å². The van der Waals surface area contributed by atoms with Crippen LogP contribution in [-0.2, 0) is 4.74 Å². The number of carbonyl (C=O) groups is 1. The van der Waals surface area contributed by atoms with Gasteiger partial charge >= 0.3 is 6.09 Å². The van der Waals surface area contributed by atoms with Crippen LogP contribution in [0.25, 0.3) is 0 Å². The molecule has 100 valence electrons. The molecule has 1 unspecified atom stereocenters. The van der Waals surface area contributed by atoms with Gasteiger partial charge in [0, 0.05) is 18.7 Å². The molecule has 0 radical (unpaired) electrons. The number of amides is 1. The molecule has 5 heteroatoms.